The second-order valence-corrected chi connectivity index (χ2v) is 6.01. The molecule has 1 heterocycles. The van der Waals surface area contributed by atoms with E-state index in [0.717, 1.165) is 35.2 Å². The highest BCUT2D eigenvalue weighted by molar-refractivity contribution is 6.30. The Hall–Kier alpha value is -1.51. The zero-order valence-corrected chi connectivity index (χ0v) is 13.0. The molecule has 21 heavy (non-hydrogen) atoms. The number of aryl methyl sites for hydroxylation is 1. The van der Waals surface area contributed by atoms with E-state index in [0.29, 0.717) is 5.92 Å². The van der Waals surface area contributed by atoms with Crippen molar-refractivity contribution in [2.75, 3.05) is 13.1 Å². The Morgan fingerprint density at radius 1 is 1.05 bits per heavy atom. The molecular weight excluding hydrogens is 282 g/mol. The fourth-order valence-electron chi connectivity index (χ4n) is 2.89. The lowest BCUT2D eigenvalue weighted by atomic mass is 9.89. The third kappa shape index (κ3) is 3.39. The quantitative estimate of drug-likeness (QED) is 0.870. The average Bonchev–Trinajstić information content (AvgIpc) is 2.51. The number of hydrogen-bond donors (Lipinski definition) is 1. The molecule has 2 aromatic rings. The van der Waals surface area contributed by atoms with E-state index >= 15 is 0 Å². The van der Waals surface area contributed by atoms with Gasteiger partial charge in [-0.3, -0.25) is 0 Å². The SMILES string of the molecule is Cc1cc(Cl)ccc1Oc1ccccc1C1CCNCC1. The number of ether oxygens (including phenoxy) is 1. The van der Waals surface area contributed by atoms with Crippen molar-refractivity contribution in [2.45, 2.75) is 25.7 Å². The first kappa shape index (κ1) is 14.4. The molecule has 0 amide bonds. The van der Waals surface area contributed by atoms with Crippen LogP contribution in [0.3, 0.4) is 0 Å². The summed E-state index contributed by atoms with van der Waals surface area (Å²) < 4.78 is 6.17. The molecule has 2 nitrogen and oxygen atoms in total. The van der Waals surface area contributed by atoms with Crippen LogP contribution in [0.2, 0.25) is 5.02 Å². The summed E-state index contributed by atoms with van der Waals surface area (Å²) in [5.41, 5.74) is 2.37. The van der Waals surface area contributed by atoms with Gasteiger partial charge in [-0.1, -0.05) is 29.8 Å². The fraction of sp³-hybridized carbons (Fsp3) is 0.333. The normalized spacial score (nSPS) is 15.9. The van der Waals surface area contributed by atoms with Gasteiger partial charge in [0, 0.05) is 5.02 Å². The highest BCUT2D eigenvalue weighted by atomic mass is 35.5. The molecule has 0 saturated carbocycles. The molecule has 0 spiro atoms. The molecule has 0 unspecified atom stereocenters. The molecule has 1 saturated heterocycles. The largest absolute Gasteiger partial charge is 0.457 e. The molecule has 1 aliphatic rings. The second kappa shape index (κ2) is 6.50. The van der Waals surface area contributed by atoms with Crippen molar-refractivity contribution in [2.24, 2.45) is 0 Å². The Kier molecular flexibility index (Phi) is 4.47. The summed E-state index contributed by atoms with van der Waals surface area (Å²) in [5, 5.41) is 4.16. The van der Waals surface area contributed by atoms with Crippen molar-refractivity contribution in [3.63, 3.8) is 0 Å². The zero-order valence-electron chi connectivity index (χ0n) is 12.2. The van der Waals surface area contributed by atoms with Gasteiger partial charge >= 0.3 is 0 Å². The third-order valence-corrected chi connectivity index (χ3v) is 4.29. The molecule has 2 aromatic carbocycles. The lowest BCUT2D eigenvalue weighted by molar-refractivity contribution is 0.428. The molecule has 110 valence electrons. The van der Waals surface area contributed by atoms with Gasteiger partial charge in [0.15, 0.2) is 0 Å². The maximum atomic E-state index is 6.17. The van der Waals surface area contributed by atoms with Crippen molar-refractivity contribution in [1.82, 2.24) is 5.32 Å². The minimum absolute atomic E-state index is 0.579. The molecule has 0 radical (unpaired) electrons. The summed E-state index contributed by atoms with van der Waals surface area (Å²) in [4.78, 5) is 0. The van der Waals surface area contributed by atoms with E-state index in [4.69, 9.17) is 16.3 Å². The van der Waals surface area contributed by atoms with Gasteiger partial charge in [-0.05, 0) is 74.2 Å². The molecule has 0 bridgehead atoms. The average molecular weight is 302 g/mol. The lowest BCUT2D eigenvalue weighted by Crippen LogP contribution is -2.26. The molecule has 1 N–H and O–H groups in total. The van der Waals surface area contributed by atoms with Crippen LogP contribution in [0, 0.1) is 6.92 Å². The van der Waals surface area contributed by atoms with Gasteiger partial charge in [-0.15, -0.1) is 0 Å². The minimum Gasteiger partial charge on any atom is -0.457 e. The van der Waals surface area contributed by atoms with Crippen LogP contribution in [0.5, 0.6) is 11.5 Å². The van der Waals surface area contributed by atoms with Crippen LogP contribution in [0.15, 0.2) is 42.5 Å². The van der Waals surface area contributed by atoms with Gasteiger partial charge in [0.2, 0.25) is 0 Å². The summed E-state index contributed by atoms with van der Waals surface area (Å²) in [6, 6.07) is 14.1. The van der Waals surface area contributed by atoms with E-state index in [-0.39, 0.29) is 0 Å². The van der Waals surface area contributed by atoms with E-state index < -0.39 is 0 Å². The monoisotopic (exact) mass is 301 g/mol. The van der Waals surface area contributed by atoms with Crippen molar-refractivity contribution in [3.8, 4) is 11.5 Å². The Balaban J connectivity index is 1.88. The van der Waals surface area contributed by atoms with Crippen LogP contribution in [0.1, 0.15) is 29.9 Å². The summed E-state index contributed by atoms with van der Waals surface area (Å²) >= 11 is 6.01. The third-order valence-electron chi connectivity index (χ3n) is 4.05. The highest BCUT2D eigenvalue weighted by Gasteiger charge is 2.19. The van der Waals surface area contributed by atoms with Gasteiger partial charge in [0.05, 0.1) is 0 Å². The summed E-state index contributed by atoms with van der Waals surface area (Å²) in [6.45, 7) is 4.19. The van der Waals surface area contributed by atoms with E-state index in [9.17, 15) is 0 Å². The summed E-state index contributed by atoms with van der Waals surface area (Å²) in [7, 11) is 0. The van der Waals surface area contributed by atoms with Crippen LogP contribution < -0.4 is 10.1 Å². The number of halogens is 1. The van der Waals surface area contributed by atoms with Crippen molar-refractivity contribution in [3.05, 3.63) is 58.6 Å². The zero-order chi connectivity index (χ0) is 14.7. The Bertz CT molecular complexity index is 620. The predicted molar refractivity (Wildman–Crippen MR) is 87.5 cm³/mol. The van der Waals surface area contributed by atoms with Crippen LogP contribution in [0.4, 0.5) is 0 Å². The van der Waals surface area contributed by atoms with E-state index in [1.165, 1.54) is 18.4 Å². The maximum Gasteiger partial charge on any atom is 0.130 e. The van der Waals surface area contributed by atoms with Crippen molar-refractivity contribution >= 4 is 11.6 Å². The smallest absolute Gasteiger partial charge is 0.130 e. The van der Waals surface area contributed by atoms with Gasteiger partial charge in [0.1, 0.15) is 11.5 Å². The van der Waals surface area contributed by atoms with Gasteiger partial charge in [-0.2, -0.15) is 0 Å². The summed E-state index contributed by atoms with van der Waals surface area (Å²) in [5.74, 6) is 2.42. The van der Waals surface area contributed by atoms with Gasteiger partial charge in [-0.25, -0.2) is 0 Å². The Labute approximate surface area is 131 Å². The molecule has 3 rings (SSSR count). The number of hydrogen-bond acceptors (Lipinski definition) is 2. The lowest BCUT2D eigenvalue weighted by Gasteiger charge is -2.25. The molecule has 1 aliphatic heterocycles. The first-order valence-electron chi connectivity index (χ1n) is 7.47. The predicted octanol–water partition coefficient (Wildman–Crippen LogP) is 4.91. The second-order valence-electron chi connectivity index (χ2n) is 5.57. The molecule has 1 fully saturated rings. The van der Waals surface area contributed by atoms with Crippen LogP contribution in [-0.2, 0) is 0 Å². The van der Waals surface area contributed by atoms with E-state index in [1.54, 1.807) is 0 Å². The number of para-hydroxylation sites is 1. The van der Waals surface area contributed by atoms with Crippen LogP contribution in [0.25, 0.3) is 0 Å². The summed E-state index contributed by atoms with van der Waals surface area (Å²) in [6.07, 6.45) is 2.33. The van der Waals surface area contributed by atoms with Crippen molar-refractivity contribution in [1.29, 1.82) is 0 Å². The fourth-order valence-corrected chi connectivity index (χ4v) is 3.12. The van der Waals surface area contributed by atoms with Crippen molar-refractivity contribution < 1.29 is 4.74 Å². The first-order chi connectivity index (χ1) is 10.2. The first-order valence-corrected chi connectivity index (χ1v) is 7.85. The Morgan fingerprint density at radius 3 is 2.57 bits per heavy atom. The van der Waals surface area contributed by atoms with Crippen LogP contribution >= 0.6 is 11.6 Å². The van der Waals surface area contributed by atoms with E-state index in [1.807, 2.05) is 31.2 Å². The number of benzene rings is 2. The standard InChI is InChI=1S/C18H20ClNO/c1-13-12-15(19)6-7-17(13)21-18-5-3-2-4-16(18)14-8-10-20-11-9-14/h2-7,12,14,20H,8-11H2,1H3. The molecular formula is C18H20ClNO. The Morgan fingerprint density at radius 2 is 1.81 bits per heavy atom. The van der Waals surface area contributed by atoms with Gasteiger partial charge in [0.25, 0.3) is 0 Å². The molecule has 3 heteroatoms. The number of piperidine rings is 1. The minimum atomic E-state index is 0.579. The van der Waals surface area contributed by atoms with Crippen LogP contribution in [-0.4, -0.2) is 13.1 Å². The molecule has 0 aromatic heterocycles. The topological polar surface area (TPSA) is 21.3 Å². The van der Waals surface area contributed by atoms with E-state index in [2.05, 4.69) is 23.5 Å². The van der Waals surface area contributed by atoms with Gasteiger partial charge < -0.3 is 10.1 Å². The highest BCUT2D eigenvalue weighted by Crippen LogP contribution is 2.36. The molecule has 0 aliphatic carbocycles. The number of rotatable bonds is 3. The molecule has 0 atom stereocenters. The number of nitrogens with one attached hydrogen (secondary N) is 1. The maximum absolute atomic E-state index is 6.17.